The van der Waals surface area contributed by atoms with Gasteiger partial charge in [0.05, 0.1) is 29.0 Å². The lowest BCUT2D eigenvalue weighted by atomic mass is 10.0. The van der Waals surface area contributed by atoms with Gasteiger partial charge in [0.25, 0.3) is 0 Å². The van der Waals surface area contributed by atoms with E-state index in [9.17, 15) is 35.9 Å². The number of nitrogens with one attached hydrogen (secondary N) is 1. The van der Waals surface area contributed by atoms with Crippen LogP contribution in [0.25, 0.3) is 0 Å². The molecule has 0 amide bonds. The zero-order valence-electron chi connectivity index (χ0n) is 16.5. The Bertz CT molecular complexity index is 947. The maximum atomic E-state index is 12.9. The summed E-state index contributed by atoms with van der Waals surface area (Å²) in [5.74, 6) is -1.01. The molecule has 170 valence electrons. The predicted octanol–water partition coefficient (Wildman–Crippen LogP) is 5.19. The Morgan fingerprint density at radius 1 is 1.00 bits per heavy atom. The Labute approximate surface area is 173 Å². The zero-order valence-corrected chi connectivity index (χ0v) is 16.5. The highest BCUT2D eigenvalue weighted by molar-refractivity contribution is 5.90. The number of alkyl halides is 6. The first-order valence-corrected chi connectivity index (χ1v) is 9.08. The number of benzene rings is 1. The fourth-order valence-corrected chi connectivity index (χ4v) is 2.40. The summed E-state index contributed by atoms with van der Waals surface area (Å²) in [6.45, 7) is 3.70. The Balaban J connectivity index is 2.13. The smallest absolute Gasteiger partial charge is 0.416 e. The molecule has 1 aromatic heterocycles. The van der Waals surface area contributed by atoms with E-state index in [4.69, 9.17) is 9.47 Å². The van der Waals surface area contributed by atoms with Crippen LogP contribution in [0, 0.1) is 5.92 Å². The van der Waals surface area contributed by atoms with Crippen molar-refractivity contribution in [3.63, 3.8) is 0 Å². The molecule has 0 aliphatic heterocycles. The number of aromatic nitrogens is 1. The first-order chi connectivity index (χ1) is 14.3. The Morgan fingerprint density at radius 2 is 1.58 bits per heavy atom. The summed E-state index contributed by atoms with van der Waals surface area (Å²) >= 11 is 0. The largest absolute Gasteiger partial charge is 0.488 e. The van der Waals surface area contributed by atoms with Crippen molar-refractivity contribution in [2.24, 2.45) is 5.92 Å². The lowest BCUT2D eigenvalue weighted by Gasteiger charge is -2.14. The first kappa shape index (κ1) is 24.3. The molecule has 0 aliphatic rings. The van der Waals surface area contributed by atoms with E-state index in [-0.39, 0.29) is 29.6 Å². The summed E-state index contributed by atoms with van der Waals surface area (Å²) in [6.07, 6.45) is -8.23. The molecule has 0 radical (unpaired) electrons. The summed E-state index contributed by atoms with van der Waals surface area (Å²) < 4.78 is 87.5. The maximum Gasteiger partial charge on any atom is 0.416 e. The second-order valence-corrected chi connectivity index (χ2v) is 7.09. The van der Waals surface area contributed by atoms with Crippen molar-refractivity contribution in [3.8, 4) is 5.75 Å². The normalized spacial score (nSPS) is 12.2. The van der Waals surface area contributed by atoms with Crippen molar-refractivity contribution in [1.29, 1.82) is 0 Å². The van der Waals surface area contributed by atoms with E-state index in [2.05, 4.69) is 4.98 Å². The van der Waals surface area contributed by atoms with Crippen LogP contribution in [0.4, 0.5) is 26.3 Å². The summed E-state index contributed by atoms with van der Waals surface area (Å²) in [5.41, 5.74) is -4.63. The van der Waals surface area contributed by atoms with Gasteiger partial charge in [0, 0.05) is 12.3 Å². The molecule has 1 aromatic carbocycles. The summed E-state index contributed by atoms with van der Waals surface area (Å²) in [7, 11) is 0. The Kier molecular flexibility index (Phi) is 7.40. The summed E-state index contributed by atoms with van der Waals surface area (Å²) in [6, 6.07) is 1.51. The monoisotopic (exact) mass is 451 g/mol. The van der Waals surface area contributed by atoms with Gasteiger partial charge in [-0.3, -0.25) is 4.79 Å². The number of rotatable bonds is 7. The molecule has 2 rings (SSSR count). The molecular formula is C20H19F6NO4. The van der Waals surface area contributed by atoms with Crippen LogP contribution >= 0.6 is 0 Å². The van der Waals surface area contributed by atoms with Crippen LogP contribution in [0.3, 0.4) is 0 Å². The highest BCUT2D eigenvalue weighted by Crippen LogP contribution is 2.36. The van der Waals surface area contributed by atoms with Crippen molar-refractivity contribution >= 4 is 5.97 Å². The number of pyridine rings is 1. The van der Waals surface area contributed by atoms with Crippen LogP contribution < -0.4 is 10.2 Å². The minimum Gasteiger partial charge on any atom is -0.488 e. The lowest BCUT2D eigenvalue weighted by Crippen LogP contribution is -2.15. The third kappa shape index (κ3) is 7.04. The molecule has 1 N–H and O–H groups in total. The fraction of sp³-hybridized carbons (Fsp3) is 0.400. The standard InChI is InChI=1S/C20H19F6NO4/c1-11(2)3-4-30-17-9-27-15(8-16(17)28)10-31-18(29)12-5-13(19(21,22)23)7-14(6-12)20(24,25)26/h5-9,11H,3-4,10H2,1-2H3,(H,27,28). The zero-order chi connectivity index (χ0) is 23.4. The predicted molar refractivity (Wildman–Crippen MR) is 97.6 cm³/mol. The number of aromatic amines is 1. The number of ether oxygens (including phenoxy) is 2. The molecule has 0 spiro atoms. The van der Waals surface area contributed by atoms with Gasteiger partial charge in [-0.1, -0.05) is 13.8 Å². The fourth-order valence-electron chi connectivity index (χ4n) is 2.40. The molecule has 5 nitrogen and oxygen atoms in total. The molecule has 0 atom stereocenters. The average molecular weight is 451 g/mol. The van der Waals surface area contributed by atoms with Gasteiger partial charge >= 0.3 is 18.3 Å². The number of carbonyl (C=O) groups is 1. The molecule has 0 aliphatic carbocycles. The number of hydrogen-bond acceptors (Lipinski definition) is 4. The van der Waals surface area contributed by atoms with Gasteiger partial charge in [-0.2, -0.15) is 26.3 Å². The van der Waals surface area contributed by atoms with Gasteiger partial charge in [-0.15, -0.1) is 0 Å². The van der Waals surface area contributed by atoms with E-state index >= 15 is 0 Å². The topological polar surface area (TPSA) is 68.4 Å². The van der Waals surface area contributed by atoms with Gasteiger partial charge in [-0.25, -0.2) is 4.79 Å². The molecule has 1 heterocycles. The minimum absolute atomic E-state index is 0.0309. The summed E-state index contributed by atoms with van der Waals surface area (Å²) in [5, 5.41) is 0. The van der Waals surface area contributed by atoms with E-state index in [1.807, 2.05) is 13.8 Å². The van der Waals surface area contributed by atoms with Crippen LogP contribution in [0.5, 0.6) is 5.75 Å². The molecule has 0 bridgehead atoms. The lowest BCUT2D eigenvalue weighted by molar-refractivity contribution is -0.143. The number of carbonyl (C=O) groups excluding carboxylic acids is 1. The molecule has 11 heteroatoms. The number of halogens is 6. The molecular weight excluding hydrogens is 432 g/mol. The maximum absolute atomic E-state index is 12.9. The third-order valence-corrected chi connectivity index (χ3v) is 4.07. The number of hydrogen-bond donors (Lipinski definition) is 1. The van der Waals surface area contributed by atoms with Crippen LogP contribution in [-0.2, 0) is 23.7 Å². The summed E-state index contributed by atoms with van der Waals surface area (Å²) in [4.78, 5) is 26.7. The molecule has 0 saturated heterocycles. The second-order valence-electron chi connectivity index (χ2n) is 7.09. The van der Waals surface area contributed by atoms with E-state index < -0.39 is 47.0 Å². The molecule has 0 unspecified atom stereocenters. The van der Waals surface area contributed by atoms with E-state index in [1.54, 1.807) is 0 Å². The first-order valence-electron chi connectivity index (χ1n) is 9.08. The van der Waals surface area contributed by atoms with Crippen molar-refractivity contribution in [2.45, 2.75) is 39.2 Å². The van der Waals surface area contributed by atoms with Crippen LogP contribution in [0.2, 0.25) is 0 Å². The van der Waals surface area contributed by atoms with E-state index in [0.717, 1.165) is 12.5 Å². The van der Waals surface area contributed by atoms with Gasteiger partial charge in [0.2, 0.25) is 5.43 Å². The Morgan fingerprint density at radius 3 is 2.06 bits per heavy atom. The van der Waals surface area contributed by atoms with Gasteiger partial charge in [0.15, 0.2) is 5.75 Å². The van der Waals surface area contributed by atoms with Crippen LogP contribution in [0.1, 0.15) is 47.4 Å². The minimum atomic E-state index is -5.09. The van der Waals surface area contributed by atoms with E-state index in [0.29, 0.717) is 12.5 Å². The van der Waals surface area contributed by atoms with Crippen molar-refractivity contribution in [1.82, 2.24) is 4.98 Å². The highest BCUT2D eigenvalue weighted by atomic mass is 19.4. The average Bonchev–Trinajstić information content (AvgIpc) is 2.65. The number of esters is 1. The third-order valence-electron chi connectivity index (χ3n) is 4.07. The van der Waals surface area contributed by atoms with Crippen molar-refractivity contribution in [2.75, 3.05) is 6.61 Å². The van der Waals surface area contributed by atoms with Crippen molar-refractivity contribution < 1.29 is 40.6 Å². The molecule has 2 aromatic rings. The highest BCUT2D eigenvalue weighted by Gasteiger charge is 2.37. The van der Waals surface area contributed by atoms with Gasteiger partial charge in [-0.05, 0) is 30.5 Å². The van der Waals surface area contributed by atoms with Crippen LogP contribution in [-0.4, -0.2) is 17.6 Å². The van der Waals surface area contributed by atoms with Crippen LogP contribution in [0.15, 0.2) is 35.3 Å². The quantitative estimate of drug-likeness (QED) is 0.465. The Hall–Kier alpha value is -2.98. The molecule has 0 saturated carbocycles. The van der Waals surface area contributed by atoms with E-state index in [1.165, 1.54) is 6.20 Å². The van der Waals surface area contributed by atoms with Gasteiger partial charge in [0.1, 0.15) is 6.61 Å². The number of H-pyrrole nitrogens is 1. The molecule has 31 heavy (non-hydrogen) atoms. The molecule has 0 fully saturated rings. The second kappa shape index (κ2) is 9.44. The SMILES string of the molecule is CC(C)CCOc1c[nH]c(COC(=O)c2cc(C(F)(F)F)cc(C(F)(F)F)c2)cc1=O. The van der Waals surface area contributed by atoms with Crippen molar-refractivity contribution in [3.05, 3.63) is 63.1 Å². The van der Waals surface area contributed by atoms with Gasteiger partial charge < -0.3 is 14.5 Å².